The average molecular weight is 831 g/mol. The van der Waals surface area contributed by atoms with Crippen molar-refractivity contribution < 1.29 is 4.74 Å². The molecule has 1 spiro atoms. The zero-order valence-electron chi connectivity index (χ0n) is 35.6. The molecule has 1 aliphatic heterocycles. The van der Waals surface area contributed by atoms with Gasteiger partial charge in [-0.1, -0.05) is 170 Å². The van der Waals surface area contributed by atoms with Crippen LogP contribution in [0.3, 0.4) is 0 Å². The first-order chi connectivity index (χ1) is 32.3. The van der Waals surface area contributed by atoms with Crippen molar-refractivity contribution in [2.45, 2.75) is 23.9 Å². The van der Waals surface area contributed by atoms with Gasteiger partial charge in [-0.25, -0.2) is 0 Å². The molecule has 0 saturated carbocycles. The van der Waals surface area contributed by atoms with E-state index in [4.69, 9.17) is 4.74 Å². The molecule has 0 fully saturated rings. The van der Waals surface area contributed by atoms with E-state index in [0.29, 0.717) is 0 Å². The SMILES string of the molecule is C1=CCC=C2C(=C1)C1(c3ccccc32)c2ccccc2-c2c(C3=CC=C(n4c5ccccc5c5cc(N(c6ccccc6)c6ccccc6)ccc54)C4c5ccccc5OC34)cccc21. The number of ether oxygens (including phenoxy) is 1. The summed E-state index contributed by atoms with van der Waals surface area (Å²) in [6.45, 7) is 0. The molecule has 1 aromatic heterocycles. The fraction of sp³-hybridized carbons (Fsp3) is 0.0645. The maximum absolute atomic E-state index is 7.24. The van der Waals surface area contributed by atoms with E-state index < -0.39 is 5.41 Å². The van der Waals surface area contributed by atoms with Crippen LogP contribution >= 0.6 is 0 Å². The quantitative estimate of drug-likeness (QED) is 0.172. The first-order valence-electron chi connectivity index (χ1n) is 22.8. The Kier molecular flexibility index (Phi) is 7.79. The number of hydrogen-bond acceptors (Lipinski definition) is 2. The summed E-state index contributed by atoms with van der Waals surface area (Å²) >= 11 is 0. The highest BCUT2D eigenvalue weighted by molar-refractivity contribution is 6.12. The van der Waals surface area contributed by atoms with E-state index in [0.717, 1.165) is 29.2 Å². The van der Waals surface area contributed by atoms with Crippen molar-refractivity contribution in [1.82, 2.24) is 4.57 Å². The third-order valence-corrected chi connectivity index (χ3v) is 14.6. The molecule has 306 valence electrons. The van der Waals surface area contributed by atoms with Crippen molar-refractivity contribution in [3.63, 3.8) is 0 Å². The van der Waals surface area contributed by atoms with Gasteiger partial charge in [0.15, 0.2) is 0 Å². The first kappa shape index (κ1) is 36.4. The Balaban J connectivity index is 0.988. The number of allylic oxidation sites excluding steroid dienone is 8. The van der Waals surface area contributed by atoms with Crippen LogP contribution in [0.4, 0.5) is 17.1 Å². The minimum atomic E-state index is -0.424. The number of rotatable bonds is 5. The molecule has 3 unspecified atom stereocenters. The largest absolute Gasteiger partial charge is 0.484 e. The molecule has 3 heteroatoms. The second-order valence-electron chi connectivity index (χ2n) is 17.8. The summed E-state index contributed by atoms with van der Waals surface area (Å²) < 4.78 is 9.75. The van der Waals surface area contributed by atoms with E-state index in [1.54, 1.807) is 0 Å². The summed E-state index contributed by atoms with van der Waals surface area (Å²) in [6.07, 6.45) is 14.8. The van der Waals surface area contributed by atoms with Crippen LogP contribution in [0.2, 0.25) is 0 Å². The Hall–Kier alpha value is -8.14. The number of hydrogen-bond donors (Lipinski definition) is 0. The average Bonchev–Trinajstić information content (AvgIpc) is 4.02. The van der Waals surface area contributed by atoms with Gasteiger partial charge in [0.1, 0.15) is 11.9 Å². The van der Waals surface area contributed by atoms with E-state index in [1.165, 1.54) is 88.7 Å². The lowest BCUT2D eigenvalue weighted by Crippen LogP contribution is -2.27. The van der Waals surface area contributed by atoms with E-state index in [2.05, 4.69) is 240 Å². The molecular formula is C62H42N2O. The van der Waals surface area contributed by atoms with Crippen LogP contribution in [0.25, 0.3) is 49.8 Å². The lowest BCUT2D eigenvalue weighted by Gasteiger charge is -2.32. The molecule has 0 radical (unpaired) electrons. The Morgan fingerprint density at radius 2 is 1.18 bits per heavy atom. The van der Waals surface area contributed by atoms with Gasteiger partial charge < -0.3 is 14.2 Å². The van der Waals surface area contributed by atoms with Crippen LogP contribution in [0.5, 0.6) is 5.75 Å². The van der Waals surface area contributed by atoms with Gasteiger partial charge in [0.2, 0.25) is 0 Å². The highest BCUT2D eigenvalue weighted by Gasteiger charge is 2.54. The Morgan fingerprint density at radius 3 is 2.02 bits per heavy atom. The van der Waals surface area contributed by atoms with Gasteiger partial charge in [-0.15, -0.1) is 0 Å². The van der Waals surface area contributed by atoms with Crippen molar-refractivity contribution in [2.24, 2.45) is 0 Å². The van der Waals surface area contributed by atoms with E-state index in [-0.39, 0.29) is 12.0 Å². The molecule has 65 heavy (non-hydrogen) atoms. The molecule has 0 saturated heterocycles. The van der Waals surface area contributed by atoms with Crippen molar-refractivity contribution >= 4 is 55.7 Å². The fourth-order valence-corrected chi connectivity index (χ4v) is 12.1. The summed E-state index contributed by atoms with van der Waals surface area (Å²) in [5.74, 6) is 0.901. The molecule has 9 aromatic rings. The third-order valence-electron chi connectivity index (χ3n) is 14.6. The molecule has 3 nitrogen and oxygen atoms in total. The third kappa shape index (κ3) is 5.01. The molecule has 0 amide bonds. The molecule has 8 aromatic carbocycles. The van der Waals surface area contributed by atoms with Crippen molar-refractivity contribution in [3.05, 3.63) is 270 Å². The highest BCUT2D eigenvalue weighted by atomic mass is 16.5. The molecule has 5 aliphatic rings. The number of aromatic nitrogens is 1. The lowest BCUT2D eigenvalue weighted by molar-refractivity contribution is 0.279. The van der Waals surface area contributed by atoms with Gasteiger partial charge in [0, 0.05) is 44.7 Å². The molecule has 0 bridgehead atoms. The van der Waals surface area contributed by atoms with Crippen molar-refractivity contribution in [3.8, 4) is 16.9 Å². The van der Waals surface area contributed by atoms with Gasteiger partial charge >= 0.3 is 0 Å². The Labute approximate surface area is 378 Å². The van der Waals surface area contributed by atoms with Crippen LogP contribution in [-0.4, -0.2) is 10.7 Å². The summed E-state index contributed by atoms with van der Waals surface area (Å²) in [4.78, 5) is 2.35. The predicted molar refractivity (Wildman–Crippen MR) is 268 cm³/mol. The fourth-order valence-electron chi connectivity index (χ4n) is 12.1. The van der Waals surface area contributed by atoms with Gasteiger partial charge in [-0.3, -0.25) is 0 Å². The maximum Gasteiger partial charge on any atom is 0.137 e. The van der Waals surface area contributed by atoms with Gasteiger partial charge in [0.05, 0.1) is 22.4 Å². The smallest absolute Gasteiger partial charge is 0.137 e. The zero-order chi connectivity index (χ0) is 42.6. The van der Waals surface area contributed by atoms with Gasteiger partial charge in [-0.2, -0.15) is 0 Å². The van der Waals surface area contributed by atoms with Gasteiger partial charge in [-0.05, 0) is 117 Å². The summed E-state index contributed by atoms with van der Waals surface area (Å²) in [5, 5.41) is 2.44. The number of fused-ring (bicyclic) bond motifs is 16. The van der Waals surface area contributed by atoms with Crippen LogP contribution in [-0.2, 0) is 5.41 Å². The number of anilines is 3. The molecule has 3 atom stereocenters. The summed E-state index contributed by atoms with van der Waals surface area (Å²) in [5.41, 5.74) is 20.9. The zero-order valence-corrected chi connectivity index (χ0v) is 35.6. The topological polar surface area (TPSA) is 17.4 Å². The number of benzene rings is 8. The first-order valence-corrected chi connectivity index (χ1v) is 22.8. The van der Waals surface area contributed by atoms with E-state index in [9.17, 15) is 0 Å². The maximum atomic E-state index is 7.24. The van der Waals surface area contributed by atoms with Crippen molar-refractivity contribution in [1.29, 1.82) is 0 Å². The molecular weight excluding hydrogens is 789 g/mol. The lowest BCUT2D eigenvalue weighted by atomic mass is 9.70. The summed E-state index contributed by atoms with van der Waals surface area (Å²) in [7, 11) is 0. The number of para-hydroxylation sites is 4. The van der Waals surface area contributed by atoms with Crippen LogP contribution in [0, 0.1) is 0 Å². The predicted octanol–water partition coefficient (Wildman–Crippen LogP) is 15.3. The van der Waals surface area contributed by atoms with Crippen LogP contribution < -0.4 is 9.64 Å². The minimum absolute atomic E-state index is 0.0482. The molecule has 14 rings (SSSR count). The van der Waals surface area contributed by atoms with Crippen molar-refractivity contribution in [2.75, 3.05) is 4.90 Å². The van der Waals surface area contributed by atoms with Crippen LogP contribution in [0.1, 0.15) is 45.7 Å². The monoisotopic (exact) mass is 830 g/mol. The second kappa shape index (κ2) is 13.9. The Bertz CT molecular complexity index is 3580. The normalized spacial score (nSPS) is 19.5. The summed E-state index contributed by atoms with van der Waals surface area (Å²) in [6, 6.07) is 71.2. The standard InChI is InChI=1S/C62H42N2O/c1-4-19-40(20-5-1)63(41-21-6-2-7-22-41)42-35-37-56-50(39-42)45-25-12-16-33-55(45)64(56)57-38-36-47(61-60(57)49-27-13-17-34-58(49)65-61)46-28-18-32-54-59(46)48-26-11-15-31-53(48)62(54)51-29-9-3-8-23-43(51)44-24-10-14-30-52(44)62/h1-7,9-39,60-61H,8H2. The van der Waals surface area contributed by atoms with Crippen LogP contribution in [0.15, 0.2) is 236 Å². The molecule has 4 aliphatic carbocycles. The van der Waals surface area contributed by atoms with E-state index >= 15 is 0 Å². The van der Waals surface area contributed by atoms with E-state index in [1.807, 2.05) is 0 Å². The number of nitrogens with zero attached hydrogens (tertiary/aromatic N) is 2. The Morgan fingerprint density at radius 1 is 0.523 bits per heavy atom. The highest BCUT2D eigenvalue weighted by Crippen LogP contribution is 2.65. The molecule has 2 heterocycles. The molecule has 0 N–H and O–H groups in total. The second-order valence-corrected chi connectivity index (χ2v) is 17.8. The minimum Gasteiger partial charge on any atom is -0.484 e. The van der Waals surface area contributed by atoms with Gasteiger partial charge in [0.25, 0.3) is 0 Å².